The lowest BCUT2D eigenvalue weighted by atomic mass is 9.29. The molecule has 0 nitrogen and oxygen atoms in total. The van der Waals surface area contributed by atoms with E-state index in [1.54, 1.807) is 44.1 Å². The summed E-state index contributed by atoms with van der Waals surface area (Å²) < 4.78 is 0. The summed E-state index contributed by atoms with van der Waals surface area (Å²) in [5.74, 6) is 20.3. The quantitative estimate of drug-likeness (QED) is 0.247. The number of fused-ring (bicyclic) bond motifs is 16. The molecule has 0 radical (unpaired) electrons. The maximum Gasteiger partial charge on any atom is -0.0149 e. The molecule has 0 aromatic carbocycles. The summed E-state index contributed by atoms with van der Waals surface area (Å²) in [6.07, 6.45) is 28.2. The SMILES string of the molecule is CC1(C)C2CCC(C)(C3(C)CCC4CC3C4(C)C)C1C2.CC1=CCC2CC1C2(C)C.CC1C(C2CC3CC(C2C)C3(C)C)CC2CC1C2(C)C.CC1C2CC(CC1C1(C)CCC3CC1C3(C)C)C2(C)C. The zero-order valence-electron chi connectivity index (χ0n) is 50.6. The predicted octanol–water partition coefficient (Wildman–Crippen LogP) is 20.3. The van der Waals surface area contributed by atoms with Gasteiger partial charge in [0.2, 0.25) is 0 Å². The molecule has 0 aliphatic heterocycles. The Balaban J connectivity index is 0.000000104. The van der Waals surface area contributed by atoms with Gasteiger partial charge < -0.3 is 0 Å². The fraction of sp³-hybridized carbons (Fsp3) is 0.971. The van der Waals surface area contributed by atoms with Gasteiger partial charge in [-0.15, -0.1) is 0 Å². The van der Waals surface area contributed by atoms with Gasteiger partial charge in [-0.25, -0.2) is 0 Å². The third kappa shape index (κ3) is 6.73. The summed E-state index contributed by atoms with van der Waals surface area (Å²) >= 11 is 0. The third-order valence-corrected chi connectivity index (χ3v) is 32.4. The minimum absolute atomic E-state index is 0.610. The Labute approximate surface area is 436 Å². The third-order valence-electron chi connectivity index (χ3n) is 32.4. The lowest BCUT2D eigenvalue weighted by Gasteiger charge is -2.75. The highest BCUT2D eigenvalue weighted by Crippen LogP contribution is 2.79. The van der Waals surface area contributed by atoms with Crippen LogP contribution < -0.4 is 0 Å². The van der Waals surface area contributed by atoms with E-state index in [2.05, 4.69) is 151 Å². The normalized spacial score (nSPS) is 56.2. The van der Waals surface area contributed by atoms with Crippen LogP contribution in [0.2, 0.25) is 0 Å². The van der Waals surface area contributed by atoms with Crippen LogP contribution in [0.4, 0.5) is 0 Å². The molecule has 0 amide bonds. The van der Waals surface area contributed by atoms with Gasteiger partial charge in [0.1, 0.15) is 0 Å². The lowest BCUT2D eigenvalue weighted by Crippen LogP contribution is -2.68. The van der Waals surface area contributed by atoms with Gasteiger partial charge in [0.25, 0.3) is 0 Å². The minimum atomic E-state index is 0.610. The zero-order chi connectivity index (χ0) is 50.9. The number of hydrogen-bond donors (Lipinski definition) is 0. The molecule has 21 rings (SSSR count). The van der Waals surface area contributed by atoms with E-state index in [4.69, 9.17) is 0 Å². The van der Waals surface area contributed by atoms with E-state index in [1.807, 2.05) is 0 Å². The monoisotopic (exact) mass is 959 g/mol. The van der Waals surface area contributed by atoms with Gasteiger partial charge >= 0.3 is 0 Å². The molecule has 14 bridgehead atoms. The molecule has 0 spiro atoms. The van der Waals surface area contributed by atoms with Gasteiger partial charge in [-0.1, -0.05) is 150 Å². The summed E-state index contributed by atoms with van der Waals surface area (Å²) in [7, 11) is 0. The molecule has 19 fully saturated rings. The van der Waals surface area contributed by atoms with Crippen LogP contribution >= 0.6 is 0 Å². The summed E-state index contributed by atoms with van der Waals surface area (Å²) in [6, 6.07) is 0. The molecule has 0 saturated heterocycles. The fourth-order valence-corrected chi connectivity index (χ4v) is 25.8. The standard InChI is InChI=1S/3C20H34.C10H16/c1-11-15(7-13-9-17(11)19(13,3)4)16-8-14-10-18(12(16)2)20(14,5)6;1-17(2)13-7-9-19(5,15(17)11-13)20(6)10-8-14-12-16(20)18(14,3)4;1-12-15-9-14(18(15,2)3)10-16(12)20(6)8-7-13-11-17(20)19(13,4)5;1-7-4-5-8-6-9(7)10(8,2)3/h11-18H,7-10H2,1-6H3;13-16H,7-12H2,1-6H3;12-17H,7-11H2,1-6H3;4,8-9H,5-6H2,1-3H3. The Morgan fingerprint density at radius 1 is 0.343 bits per heavy atom. The highest BCUT2D eigenvalue weighted by molar-refractivity contribution is 5.22. The van der Waals surface area contributed by atoms with Crippen molar-refractivity contribution in [3.8, 4) is 0 Å². The molecule has 21 aliphatic rings. The second-order valence-corrected chi connectivity index (χ2v) is 35.7. The van der Waals surface area contributed by atoms with Crippen molar-refractivity contribution in [2.24, 2.45) is 173 Å². The average molecular weight is 960 g/mol. The second kappa shape index (κ2) is 15.9. The van der Waals surface area contributed by atoms with Crippen LogP contribution in [-0.2, 0) is 0 Å². The van der Waals surface area contributed by atoms with Crippen molar-refractivity contribution in [2.45, 2.75) is 255 Å². The van der Waals surface area contributed by atoms with Crippen LogP contribution in [0.25, 0.3) is 0 Å². The van der Waals surface area contributed by atoms with Gasteiger partial charge in [0.15, 0.2) is 0 Å². The number of allylic oxidation sites excluding steroid dienone is 2. The Hall–Kier alpha value is -0.260. The number of hydrogen-bond acceptors (Lipinski definition) is 0. The minimum Gasteiger partial charge on any atom is -0.0850 e. The van der Waals surface area contributed by atoms with E-state index in [0.29, 0.717) is 54.1 Å². The fourth-order valence-electron chi connectivity index (χ4n) is 25.8. The molecule has 19 saturated carbocycles. The van der Waals surface area contributed by atoms with E-state index in [0.717, 1.165) is 118 Å². The van der Waals surface area contributed by atoms with Gasteiger partial charge in [0, 0.05) is 0 Å². The van der Waals surface area contributed by atoms with Crippen LogP contribution in [0.3, 0.4) is 0 Å². The molecule has 398 valence electrons. The first-order chi connectivity index (χ1) is 32.2. The van der Waals surface area contributed by atoms with Crippen molar-refractivity contribution in [2.75, 3.05) is 0 Å². The van der Waals surface area contributed by atoms with E-state index in [9.17, 15) is 0 Å². The van der Waals surface area contributed by atoms with E-state index in [-0.39, 0.29) is 0 Å². The maximum atomic E-state index is 2.70. The van der Waals surface area contributed by atoms with Crippen LogP contribution in [0.15, 0.2) is 11.6 Å². The van der Waals surface area contributed by atoms with E-state index >= 15 is 0 Å². The molecule has 21 aliphatic carbocycles. The maximum absolute atomic E-state index is 2.70. The molecular formula is C70H118. The topological polar surface area (TPSA) is 0 Å². The molecule has 0 N–H and O–H groups in total. The van der Waals surface area contributed by atoms with E-state index < -0.39 is 0 Å². The Kier molecular flexibility index (Phi) is 11.8. The van der Waals surface area contributed by atoms with Gasteiger partial charge in [-0.05, 0) is 289 Å². The van der Waals surface area contributed by atoms with Crippen LogP contribution in [0.1, 0.15) is 255 Å². The number of rotatable bonds is 3. The second-order valence-electron chi connectivity index (χ2n) is 35.7. The molecule has 70 heavy (non-hydrogen) atoms. The Morgan fingerprint density at radius 2 is 0.714 bits per heavy atom. The summed E-state index contributed by atoms with van der Waals surface area (Å²) in [5.41, 5.74) is 8.03. The first-order valence-corrected chi connectivity index (χ1v) is 31.9. The summed E-state index contributed by atoms with van der Waals surface area (Å²) in [5, 5.41) is 0. The first-order valence-electron chi connectivity index (χ1n) is 31.9. The van der Waals surface area contributed by atoms with Crippen molar-refractivity contribution in [1.82, 2.24) is 0 Å². The van der Waals surface area contributed by atoms with Crippen molar-refractivity contribution < 1.29 is 0 Å². The Bertz CT molecular complexity index is 1960. The molecule has 0 aromatic heterocycles. The van der Waals surface area contributed by atoms with E-state index in [1.165, 1.54) is 70.6 Å². The smallest absolute Gasteiger partial charge is 0.0149 e. The van der Waals surface area contributed by atoms with Crippen molar-refractivity contribution >= 4 is 0 Å². The van der Waals surface area contributed by atoms with Crippen LogP contribution in [-0.4, -0.2) is 0 Å². The molecular weight excluding hydrogens is 841 g/mol. The highest BCUT2D eigenvalue weighted by atomic mass is 14.8. The first kappa shape index (κ1) is 51.8. The van der Waals surface area contributed by atoms with Crippen LogP contribution in [0.5, 0.6) is 0 Å². The summed E-state index contributed by atoms with van der Waals surface area (Å²) in [6.45, 7) is 53.7. The highest BCUT2D eigenvalue weighted by Gasteiger charge is 2.71. The van der Waals surface area contributed by atoms with Gasteiger partial charge in [-0.3, -0.25) is 0 Å². The van der Waals surface area contributed by atoms with Crippen molar-refractivity contribution in [1.29, 1.82) is 0 Å². The van der Waals surface area contributed by atoms with Crippen molar-refractivity contribution in [3.05, 3.63) is 11.6 Å². The molecule has 0 aromatic rings. The molecule has 0 heteroatoms. The molecule has 23 unspecified atom stereocenters. The van der Waals surface area contributed by atoms with Gasteiger partial charge in [0.05, 0.1) is 0 Å². The predicted molar refractivity (Wildman–Crippen MR) is 300 cm³/mol. The average Bonchev–Trinajstić information content (AvgIpc) is 3.28. The van der Waals surface area contributed by atoms with Gasteiger partial charge in [-0.2, -0.15) is 0 Å². The molecule has 23 atom stereocenters. The van der Waals surface area contributed by atoms with Crippen molar-refractivity contribution in [3.63, 3.8) is 0 Å². The zero-order valence-corrected chi connectivity index (χ0v) is 50.6. The molecule has 0 heterocycles. The largest absolute Gasteiger partial charge is 0.0850 e. The summed E-state index contributed by atoms with van der Waals surface area (Å²) in [4.78, 5) is 0. The Morgan fingerprint density at radius 3 is 1.01 bits per heavy atom. The lowest BCUT2D eigenvalue weighted by molar-refractivity contribution is -0.267. The van der Waals surface area contributed by atoms with Crippen LogP contribution in [0, 0.1) is 173 Å².